The Morgan fingerprint density at radius 1 is 1.37 bits per heavy atom. The molecule has 7 heteroatoms. The summed E-state index contributed by atoms with van der Waals surface area (Å²) in [6.07, 6.45) is 0. The lowest BCUT2D eigenvalue weighted by atomic mass is 10.2. The molecule has 0 aliphatic rings. The summed E-state index contributed by atoms with van der Waals surface area (Å²) in [7, 11) is 0. The Labute approximate surface area is 126 Å². The number of hydrazine groups is 1. The van der Waals surface area contributed by atoms with Crippen molar-refractivity contribution >= 4 is 51.1 Å². The Morgan fingerprint density at radius 3 is 2.84 bits per heavy atom. The Hall–Kier alpha value is -1.37. The fraction of sp³-hybridized carbons (Fsp3) is 0.167. The zero-order chi connectivity index (χ0) is 13.8. The summed E-state index contributed by atoms with van der Waals surface area (Å²) in [6.45, 7) is 3.87. The van der Waals surface area contributed by atoms with Gasteiger partial charge in [-0.15, -0.1) is 11.3 Å². The summed E-state index contributed by atoms with van der Waals surface area (Å²) in [5.41, 5.74) is 8.63. The van der Waals surface area contributed by atoms with Crippen LogP contribution in [0.1, 0.15) is 11.3 Å². The number of thiocarbonyl (C=S) groups is 1. The topological polar surface area (TPSA) is 49.0 Å². The van der Waals surface area contributed by atoms with Crippen LogP contribution in [0, 0.1) is 13.8 Å². The molecular formula is C12H13ClN4S2. The van der Waals surface area contributed by atoms with E-state index in [1.165, 1.54) is 11.3 Å². The molecule has 0 atom stereocenters. The SMILES string of the molecule is Cc1csc(NNC(=S)Nc2cccc(Cl)c2C)n1. The van der Waals surface area contributed by atoms with Gasteiger partial charge in [-0.2, -0.15) is 0 Å². The molecule has 3 N–H and O–H groups in total. The molecular weight excluding hydrogens is 300 g/mol. The van der Waals surface area contributed by atoms with Gasteiger partial charge in [-0.05, 0) is 43.8 Å². The molecule has 0 radical (unpaired) electrons. The van der Waals surface area contributed by atoms with E-state index in [0.29, 0.717) is 10.1 Å². The first-order chi connectivity index (χ1) is 9.06. The summed E-state index contributed by atoms with van der Waals surface area (Å²) in [5.74, 6) is 0. The van der Waals surface area contributed by atoms with Crippen molar-refractivity contribution in [1.29, 1.82) is 0 Å². The average molecular weight is 313 g/mol. The number of halogens is 1. The third kappa shape index (κ3) is 3.79. The van der Waals surface area contributed by atoms with Crippen LogP contribution in [-0.2, 0) is 0 Å². The van der Waals surface area contributed by atoms with Gasteiger partial charge in [-0.3, -0.25) is 10.9 Å². The highest BCUT2D eigenvalue weighted by atomic mass is 35.5. The quantitative estimate of drug-likeness (QED) is 0.595. The van der Waals surface area contributed by atoms with E-state index in [0.717, 1.165) is 22.1 Å². The monoisotopic (exact) mass is 312 g/mol. The van der Waals surface area contributed by atoms with E-state index in [1.54, 1.807) is 0 Å². The summed E-state index contributed by atoms with van der Waals surface area (Å²) in [5, 5.41) is 6.97. The molecule has 0 aliphatic heterocycles. The maximum Gasteiger partial charge on any atom is 0.201 e. The highest BCUT2D eigenvalue weighted by molar-refractivity contribution is 7.80. The van der Waals surface area contributed by atoms with Gasteiger partial charge in [0.05, 0.1) is 5.69 Å². The number of nitrogens with one attached hydrogen (secondary N) is 3. The largest absolute Gasteiger partial charge is 0.331 e. The zero-order valence-electron chi connectivity index (χ0n) is 10.5. The van der Waals surface area contributed by atoms with Crippen molar-refractivity contribution in [1.82, 2.24) is 10.4 Å². The van der Waals surface area contributed by atoms with Crippen molar-refractivity contribution in [3.63, 3.8) is 0 Å². The lowest BCUT2D eigenvalue weighted by molar-refractivity contribution is 1.11. The van der Waals surface area contributed by atoms with Crippen LogP contribution >= 0.6 is 35.2 Å². The molecule has 1 aromatic heterocycles. The predicted octanol–water partition coefficient (Wildman–Crippen LogP) is 3.73. The molecule has 2 rings (SSSR count). The molecule has 0 saturated carbocycles. The van der Waals surface area contributed by atoms with E-state index in [-0.39, 0.29) is 0 Å². The van der Waals surface area contributed by atoms with Gasteiger partial charge in [-0.1, -0.05) is 17.7 Å². The van der Waals surface area contributed by atoms with E-state index in [2.05, 4.69) is 21.2 Å². The normalized spacial score (nSPS) is 10.1. The first-order valence-electron chi connectivity index (χ1n) is 5.56. The standard InChI is InChI=1S/C12H13ClN4S2/c1-7-6-19-12(14-7)17-16-11(18)15-10-5-3-4-9(13)8(10)2/h3-6H,1-2H3,(H,14,17)(H2,15,16,18). The third-order valence-corrected chi connectivity index (χ3v) is 3.91. The van der Waals surface area contributed by atoms with Crippen molar-refractivity contribution in [2.75, 3.05) is 10.7 Å². The number of aromatic nitrogens is 1. The van der Waals surface area contributed by atoms with Gasteiger partial charge in [0, 0.05) is 16.1 Å². The highest BCUT2D eigenvalue weighted by Crippen LogP contribution is 2.22. The van der Waals surface area contributed by atoms with E-state index >= 15 is 0 Å². The van der Waals surface area contributed by atoms with Crippen molar-refractivity contribution < 1.29 is 0 Å². The molecule has 0 saturated heterocycles. The van der Waals surface area contributed by atoms with Gasteiger partial charge in [0.2, 0.25) is 5.13 Å². The Morgan fingerprint density at radius 2 is 2.16 bits per heavy atom. The van der Waals surface area contributed by atoms with Crippen molar-refractivity contribution in [3.8, 4) is 0 Å². The maximum atomic E-state index is 6.05. The van der Waals surface area contributed by atoms with Gasteiger partial charge < -0.3 is 5.32 Å². The second-order valence-electron chi connectivity index (χ2n) is 3.91. The molecule has 0 aliphatic carbocycles. The van der Waals surface area contributed by atoms with Gasteiger partial charge >= 0.3 is 0 Å². The number of thiazole rings is 1. The summed E-state index contributed by atoms with van der Waals surface area (Å²) >= 11 is 12.7. The van der Waals surface area contributed by atoms with Crippen molar-refractivity contribution in [2.45, 2.75) is 13.8 Å². The van der Waals surface area contributed by atoms with Gasteiger partial charge in [0.1, 0.15) is 0 Å². The summed E-state index contributed by atoms with van der Waals surface area (Å²) in [4.78, 5) is 4.26. The van der Waals surface area contributed by atoms with Crippen LogP contribution in [0.3, 0.4) is 0 Å². The lowest BCUT2D eigenvalue weighted by Crippen LogP contribution is -2.33. The van der Waals surface area contributed by atoms with Gasteiger partial charge in [0.15, 0.2) is 5.11 Å². The Balaban J connectivity index is 1.92. The van der Waals surface area contributed by atoms with E-state index in [9.17, 15) is 0 Å². The minimum atomic E-state index is 0.457. The molecule has 2 aromatic rings. The number of benzene rings is 1. The number of rotatable bonds is 3. The Bertz CT molecular complexity index is 597. The number of hydrogen-bond donors (Lipinski definition) is 3. The van der Waals surface area contributed by atoms with Crippen LogP contribution in [0.25, 0.3) is 0 Å². The second-order valence-corrected chi connectivity index (χ2v) is 5.58. The van der Waals surface area contributed by atoms with Crippen molar-refractivity contribution in [2.24, 2.45) is 0 Å². The molecule has 0 fully saturated rings. The molecule has 0 unspecified atom stereocenters. The van der Waals surface area contributed by atoms with Crippen LogP contribution < -0.4 is 16.2 Å². The number of aryl methyl sites for hydroxylation is 1. The first-order valence-corrected chi connectivity index (χ1v) is 7.23. The number of hydrogen-bond acceptors (Lipinski definition) is 4. The number of anilines is 2. The molecule has 1 heterocycles. The van der Waals surface area contributed by atoms with Crippen LogP contribution in [0.15, 0.2) is 23.6 Å². The second kappa shape index (κ2) is 6.18. The maximum absolute atomic E-state index is 6.05. The van der Waals surface area contributed by atoms with Crippen LogP contribution in [0.4, 0.5) is 10.8 Å². The first kappa shape index (κ1) is 14.0. The van der Waals surface area contributed by atoms with Gasteiger partial charge in [0.25, 0.3) is 0 Å². The van der Waals surface area contributed by atoms with Gasteiger partial charge in [-0.25, -0.2) is 4.98 Å². The Kier molecular flexibility index (Phi) is 4.57. The highest BCUT2D eigenvalue weighted by Gasteiger charge is 2.04. The summed E-state index contributed by atoms with van der Waals surface area (Å²) < 4.78 is 0. The molecule has 1 aromatic carbocycles. The fourth-order valence-corrected chi connectivity index (χ4v) is 2.40. The van der Waals surface area contributed by atoms with Crippen molar-refractivity contribution in [3.05, 3.63) is 39.9 Å². The third-order valence-electron chi connectivity index (χ3n) is 2.42. The van der Waals surface area contributed by atoms with E-state index in [4.69, 9.17) is 23.8 Å². The minimum absolute atomic E-state index is 0.457. The zero-order valence-corrected chi connectivity index (χ0v) is 12.8. The van der Waals surface area contributed by atoms with Crippen LogP contribution in [0.2, 0.25) is 5.02 Å². The lowest BCUT2D eigenvalue weighted by Gasteiger charge is -2.13. The van der Waals surface area contributed by atoms with Crippen LogP contribution in [-0.4, -0.2) is 10.1 Å². The van der Waals surface area contributed by atoms with E-state index < -0.39 is 0 Å². The number of nitrogens with zero attached hydrogens (tertiary/aromatic N) is 1. The molecule has 19 heavy (non-hydrogen) atoms. The van der Waals surface area contributed by atoms with Crippen LogP contribution in [0.5, 0.6) is 0 Å². The fourth-order valence-electron chi connectivity index (χ4n) is 1.42. The molecule has 0 amide bonds. The summed E-state index contributed by atoms with van der Waals surface area (Å²) in [6, 6.07) is 5.63. The molecule has 0 bridgehead atoms. The average Bonchev–Trinajstić information content (AvgIpc) is 2.78. The van der Waals surface area contributed by atoms with E-state index in [1.807, 2.05) is 37.4 Å². The predicted molar refractivity (Wildman–Crippen MR) is 86.0 cm³/mol. The molecule has 0 spiro atoms. The minimum Gasteiger partial charge on any atom is -0.331 e. The smallest absolute Gasteiger partial charge is 0.201 e. The molecule has 100 valence electrons. The molecule has 4 nitrogen and oxygen atoms in total.